The summed E-state index contributed by atoms with van der Waals surface area (Å²) in [5.74, 6) is 0.829. The molecule has 2 rings (SSSR count). The Labute approximate surface area is 95.1 Å². The fourth-order valence-electron chi connectivity index (χ4n) is 1.91. The summed E-state index contributed by atoms with van der Waals surface area (Å²) in [7, 11) is 0. The quantitative estimate of drug-likeness (QED) is 0.791. The molecule has 0 saturated carbocycles. The number of anilines is 1. The topological polar surface area (TPSA) is 52.9 Å². The lowest BCUT2D eigenvalue weighted by Crippen LogP contribution is -2.33. The molecule has 0 amide bonds. The molecule has 0 radical (unpaired) electrons. The van der Waals surface area contributed by atoms with Gasteiger partial charge in [0.25, 0.3) is 0 Å². The molecule has 0 unspecified atom stereocenters. The van der Waals surface area contributed by atoms with Gasteiger partial charge in [-0.2, -0.15) is 0 Å². The molecule has 88 valence electrons. The second-order valence-corrected chi connectivity index (χ2v) is 3.87. The number of rotatable bonds is 4. The van der Waals surface area contributed by atoms with Crippen LogP contribution < -0.4 is 9.64 Å². The third-order valence-electron chi connectivity index (χ3n) is 2.75. The van der Waals surface area contributed by atoms with Crippen molar-refractivity contribution >= 4 is 5.69 Å². The third kappa shape index (κ3) is 2.28. The summed E-state index contributed by atoms with van der Waals surface area (Å²) in [4.78, 5) is 2.20. The molecule has 1 aromatic rings. The second-order valence-electron chi connectivity index (χ2n) is 3.87. The number of aliphatic hydroxyl groups excluding tert-OH is 2. The van der Waals surface area contributed by atoms with Gasteiger partial charge in [0.2, 0.25) is 0 Å². The van der Waals surface area contributed by atoms with Crippen LogP contribution in [0.15, 0.2) is 18.2 Å². The fraction of sp³-hybridized carbons (Fsp3) is 0.500. The van der Waals surface area contributed by atoms with Gasteiger partial charge in [-0.05, 0) is 24.1 Å². The highest BCUT2D eigenvalue weighted by atomic mass is 16.5. The minimum absolute atomic E-state index is 0.0350. The van der Waals surface area contributed by atoms with E-state index >= 15 is 0 Å². The molecule has 1 heterocycles. The van der Waals surface area contributed by atoms with E-state index in [0.717, 1.165) is 36.5 Å². The molecule has 1 aliphatic rings. The Morgan fingerprint density at radius 2 is 2.19 bits per heavy atom. The molecule has 0 spiro atoms. The lowest BCUT2D eigenvalue weighted by Gasteiger charge is -2.31. The van der Waals surface area contributed by atoms with Gasteiger partial charge in [-0.3, -0.25) is 0 Å². The average Bonchev–Trinajstić information content (AvgIpc) is 2.35. The third-order valence-corrected chi connectivity index (χ3v) is 2.75. The average molecular weight is 223 g/mol. The smallest absolute Gasteiger partial charge is 0.143 e. The van der Waals surface area contributed by atoms with Crippen LogP contribution in [0.1, 0.15) is 12.0 Å². The van der Waals surface area contributed by atoms with Gasteiger partial charge in [0.15, 0.2) is 0 Å². The van der Waals surface area contributed by atoms with E-state index in [-0.39, 0.29) is 13.2 Å². The Hall–Kier alpha value is -1.26. The van der Waals surface area contributed by atoms with Crippen LogP contribution in [-0.4, -0.2) is 36.5 Å². The summed E-state index contributed by atoms with van der Waals surface area (Å²) in [6.07, 6.45) is 0.765. The highest BCUT2D eigenvalue weighted by molar-refractivity contribution is 5.61. The van der Waals surface area contributed by atoms with Crippen molar-refractivity contribution in [1.29, 1.82) is 0 Å². The number of hydrogen-bond acceptors (Lipinski definition) is 4. The van der Waals surface area contributed by atoms with E-state index in [9.17, 15) is 0 Å². The zero-order chi connectivity index (χ0) is 11.4. The summed E-state index contributed by atoms with van der Waals surface area (Å²) >= 11 is 0. The first kappa shape index (κ1) is 11.2. The Bertz CT molecular complexity index is 354. The van der Waals surface area contributed by atoms with Crippen LogP contribution in [0.4, 0.5) is 5.69 Å². The maximum Gasteiger partial charge on any atom is 0.143 e. The highest BCUT2D eigenvalue weighted by Crippen LogP contribution is 2.32. The van der Waals surface area contributed by atoms with Crippen molar-refractivity contribution in [2.45, 2.75) is 13.0 Å². The largest absolute Gasteiger partial charge is 0.490 e. The van der Waals surface area contributed by atoms with Crippen LogP contribution >= 0.6 is 0 Å². The molecule has 4 nitrogen and oxygen atoms in total. The summed E-state index contributed by atoms with van der Waals surface area (Å²) in [6.45, 7) is 2.60. The van der Waals surface area contributed by atoms with Crippen LogP contribution in [0.2, 0.25) is 0 Å². The minimum atomic E-state index is 0.0350. The van der Waals surface area contributed by atoms with E-state index in [1.807, 2.05) is 18.2 Å². The molecule has 0 fully saturated rings. The van der Waals surface area contributed by atoms with Gasteiger partial charge in [0, 0.05) is 13.2 Å². The monoisotopic (exact) mass is 223 g/mol. The molecule has 2 N–H and O–H groups in total. The number of aliphatic hydroxyl groups is 2. The molecule has 0 aliphatic carbocycles. The van der Waals surface area contributed by atoms with Gasteiger partial charge in [0.05, 0.1) is 18.8 Å². The van der Waals surface area contributed by atoms with Crippen LogP contribution in [0.5, 0.6) is 5.75 Å². The van der Waals surface area contributed by atoms with Gasteiger partial charge in [-0.15, -0.1) is 0 Å². The number of benzene rings is 1. The normalized spacial score (nSPS) is 14.5. The molecular weight excluding hydrogens is 206 g/mol. The molecule has 0 bridgehead atoms. The number of hydrogen-bond donors (Lipinski definition) is 2. The molecular formula is C12H17NO3. The van der Waals surface area contributed by atoms with Crippen LogP contribution in [-0.2, 0) is 6.61 Å². The fourth-order valence-corrected chi connectivity index (χ4v) is 1.91. The predicted molar refractivity (Wildman–Crippen MR) is 61.8 cm³/mol. The van der Waals surface area contributed by atoms with Crippen molar-refractivity contribution in [3.63, 3.8) is 0 Å². The van der Waals surface area contributed by atoms with Crippen molar-refractivity contribution in [3.05, 3.63) is 23.8 Å². The van der Waals surface area contributed by atoms with Crippen molar-refractivity contribution in [2.24, 2.45) is 0 Å². The van der Waals surface area contributed by atoms with Crippen LogP contribution in [0.25, 0.3) is 0 Å². The lowest BCUT2D eigenvalue weighted by molar-refractivity contribution is 0.274. The van der Waals surface area contributed by atoms with Gasteiger partial charge in [0.1, 0.15) is 12.4 Å². The maximum atomic E-state index is 9.04. The Morgan fingerprint density at radius 3 is 2.94 bits per heavy atom. The first-order valence-corrected chi connectivity index (χ1v) is 5.57. The summed E-state index contributed by atoms with van der Waals surface area (Å²) < 4.78 is 5.56. The van der Waals surface area contributed by atoms with Crippen molar-refractivity contribution < 1.29 is 14.9 Å². The molecule has 0 atom stereocenters. The van der Waals surface area contributed by atoms with E-state index in [4.69, 9.17) is 14.9 Å². The van der Waals surface area contributed by atoms with Gasteiger partial charge < -0.3 is 19.8 Å². The Balaban J connectivity index is 2.18. The molecule has 0 saturated heterocycles. The molecule has 0 aromatic heterocycles. The van der Waals surface area contributed by atoms with Crippen molar-refractivity contribution in [1.82, 2.24) is 0 Å². The van der Waals surface area contributed by atoms with Crippen LogP contribution in [0, 0.1) is 0 Å². The van der Waals surface area contributed by atoms with Crippen molar-refractivity contribution in [3.8, 4) is 5.75 Å². The molecule has 4 heteroatoms. The van der Waals surface area contributed by atoms with Crippen molar-refractivity contribution in [2.75, 3.05) is 31.2 Å². The number of fused-ring (bicyclic) bond motifs is 1. The van der Waals surface area contributed by atoms with E-state index in [0.29, 0.717) is 6.61 Å². The van der Waals surface area contributed by atoms with E-state index < -0.39 is 0 Å². The SMILES string of the molecule is OCCCN1CCOc2cc(CO)ccc21. The lowest BCUT2D eigenvalue weighted by atomic mass is 10.1. The second kappa shape index (κ2) is 5.18. The Morgan fingerprint density at radius 1 is 1.31 bits per heavy atom. The zero-order valence-corrected chi connectivity index (χ0v) is 9.22. The Kier molecular flexibility index (Phi) is 3.64. The van der Waals surface area contributed by atoms with E-state index in [2.05, 4.69) is 4.90 Å². The number of ether oxygens (including phenoxy) is 1. The first-order valence-electron chi connectivity index (χ1n) is 5.57. The van der Waals surface area contributed by atoms with E-state index in [1.54, 1.807) is 0 Å². The molecule has 16 heavy (non-hydrogen) atoms. The summed E-state index contributed by atoms with van der Waals surface area (Å²) in [5, 5.41) is 17.9. The summed E-state index contributed by atoms with van der Waals surface area (Å²) in [6, 6.07) is 5.75. The number of nitrogens with zero attached hydrogens (tertiary/aromatic N) is 1. The summed E-state index contributed by atoms with van der Waals surface area (Å²) in [5.41, 5.74) is 1.92. The molecule has 1 aromatic carbocycles. The van der Waals surface area contributed by atoms with Gasteiger partial charge in [-0.25, -0.2) is 0 Å². The van der Waals surface area contributed by atoms with Gasteiger partial charge >= 0.3 is 0 Å². The predicted octanol–water partition coefficient (Wildman–Crippen LogP) is 0.760. The van der Waals surface area contributed by atoms with Gasteiger partial charge in [-0.1, -0.05) is 6.07 Å². The zero-order valence-electron chi connectivity index (χ0n) is 9.22. The highest BCUT2D eigenvalue weighted by Gasteiger charge is 2.17. The maximum absolute atomic E-state index is 9.04. The standard InChI is InChI=1S/C12H17NO3/c14-6-1-4-13-5-7-16-12-8-10(9-15)2-3-11(12)13/h2-3,8,14-15H,1,4-7,9H2. The van der Waals surface area contributed by atoms with E-state index in [1.165, 1.54) is 0 Å². The first-order chi connectivity index (χ1) is 7.85. The van der Waals surface area contributed by atoms with Crippen LogP contribution in [0.3, 0.4) is 0 Å². The molecule has 1 aliphatic heterocycles. The minimum Gasteiger partial charge on any atom is -0.490 e.